The maximum atomic E-state index is 5.87. The predicted molar refractivity (Wildman–Crippen MR) is 68.7 cm³/mol. The van der Waals surface area contributed by atoms with E-state index in [9.17, 15) is 0 Å². The summed E-state index contributed by atoms with van der Waals surface area (Å²) in [5.74, 6) is 0. The van der Waals surface area contributed by atoms with Crippen LogP contribution in [0.2, 0.25) is 0 Å². The molecule has 0 aromatic carbocycles. The van der Waals surface area contributed by atoms with Gasteiger partial charge in [0.1, 0.15) is 0 Å². The Bertz CT molecular complexity index is 594. The van der Waals surface area contributed by atoms with Crippen LogP contribution in [0.3, 0.4) is 0 Å². The van der Waals surface area contributed by atoms with Gasteiger partial charge in [-0.15, -0.1) is 0 Å². The molecular weight excluding hydrogens is 228 g/mol. The molecule has 2 aromatic rings. The first-order chi connectivity index (χ1) is 8.79. The summed E-state index contributed by atoms with van der Waals surface area (Å²) in [6.45, 7) is 6.49. The fraction of sp³-hybridized carbons (Fsp3) is 0.538. The molecule has 2 aliphatic rings. The van der Waals surface area contributed by atoms with Crippen molar-refractivity contribution in [2.24, 2.45) is 0 Å². The molecule has 4 rings (SSSR count). The molecule has 2 bridgehead atoms. The first-order valence-electron chi connectivity index (χ1n) is 6.52. The zero-order valence-corrected chi connectivity index (χ0v) is 10.5. The average Bonchev–Trinajstić information content (AvgIpc) is 2.94. The zero-order chi connectivity index (χ0) is 12.1. The highest BCUT2D eigenvalue weighted by Gasteiger charge is 2.34. The summed E-state index contributed by atoms with van der Waals surface area (Å²) in [7, 11) is 0. The van der Waals surface area contributed by atoms with Gasteiger partial charge in [-0.2, -0.15) is 4.98 Å². The summed E-state index contributed by atoms with van der Waals surface area (Å²) in [6.07, 6.45) is 3.05. The fourth-order valence-corrected chi connectivity index (χ4v) is 2.98. The number of aryl methyl sites for hydroxylation is 1. The summed E-state index contributed by atoms with van der Waals surface area (Å²) >= 11 is 0. The number of pyridine rings is 1. The summed E-state index contributed by atoms with van der Waals surface area (Å²) in [4.78, 5) is 13.7. The molecule has 2 aromatic heterocycles. The van der Waals surface area contributed by atoms with Crippen LogP contribution in [0.25, 0.3) is 11.2 Å². The maximum Gasteiger partial charge on any atom is 0.300 e. The molecule has 0 radical (unpaired) electrons. The smallest absolute Gasteiger partial charge is 0.300 e. The Morgan fingerprint density at radius 2 is 2.28 bits per heavy atom. The van der Waals surface area contributed by atoms with Gasteiger partial charge in [0.05, 0.1) is 0 Å². The third kappa shape index (κ3) is 1.50. The SMILES string of the molecule is Cc1cnc2nc(N3CC[N@@]4CCC3C4)oc2c1. The first kappa shape index (κ1) is 10.3. The van der Waals surface area contributed by atoms with Crippen LogP contribution in [0.5, 0.6) is 0 Å². The van der Waals surface area contributed by atoms with E-state index in [0.717, 1.165) is 42.4 Å². The summed E-state index contributed by atoms with van der Waals surface area (Å²) < 4.78 is 5.87. The van der Waals surface area contributed by atoms with Crippen molar-refractivity contribution >= 4 is 17.2 Å². The van der Waals surface area contributed by atoms with E-state index < -0.39 is 0 Å². The molecule has 94 valence electrons. The Labute approximate surface area is 105 Å². The van der Waals surface area contributed by atoms with Gasteiger partial charge in [0, 0.05) is 38.4 Å². The normalized spacial score (nSPS) is 27.1. The molecular formula is C13H16N4O. The van der Waals surface area contributed by atoms with Crippen molar-refractivity contribution in [3.63, 3.8) is 0 Å². The molecule has 1 unspecified atom stereocenters. The molecule has 5 nitrogen and oxygen atoms in total. The summed E-state index contributed by atoms with van der Waals surface area (Å²) in [6, 6.07) is 3.31. The molecule has 0 spiro atoms. The van der Waals surface area contributed by atoms with Crippen molar-refractivity contribution in [3.05, 3.63) is 17.8 Å². The Kier molecular flexibility index (Phi) is 2.11. The molecule has 0 amide bonds. The number of nitrogens with zero attached hydrogens (tertiary/aromatic N) is 4. The van der Waals surface area contributed by atoms with Crippen LogP contribution in [0.15, 0.2) is 16.7 Å². The number of fused-ring (bicyclic) bond motifs is 3. The van der Waals surface area contributed by atoms with Crippen LogP contribution in [0.4, 0.5) is 6.01 Å². The van der Waals surface area contributed by atoms with Crippen LogP contribution < -0.4 is 4.90 Å². The molecule has 2 fully saturated rings. The van der Waals surface area contributed by atoms with E-state index in [1.807, 2.05) is 19.2 Å². The van der Waals surface area contributed by atoms with Crippen LogP contribution in [-0.4, -0.2) is 47.1 Å². The number of hydrogen-bond acceptors (Lipinski definition) is 5. The quantitative estimate of drug-likeness (QED) is 0.759. The van der Waals surface area contributed by atoms with Gasteiger partial charge in [-0.1, -0.05) is 0 Å². The zero-order valence-electron chi connectivity index (χ0n) is 10.5. The van der Waals surface area contributed by atoms with E-state index >= 15 is 0 Å². The predicted octanol–water partition coefficient (Wildman–Crippen LogP) is 1.43. The highest BCUT2D eigenvalue weighted by atomic mass is 16.4. The van der Waals surface area contributed by atoms with E-state index in [0.29, 0.717) is 6.04 Å². The number of rotatable bonds is 1. The number of piperazine rings is 1. The second kappa shape index (κ2) is 3.68. The minimum absolute atomic E-state index is 0.563. The lowest BCUT2D eigenvalue weighted by Crippen LogP contribution is -2.46. The van der Waals surface area contributed by atoms with Gasteiger partial charge in [-0.05, 0) is 25.0 Å². The van der Waals surface area contributed by atoms with Crippen molar-refractivity contribution in [1.82, 2.24) is 14.9 Å². The second-order valence-electron chi connectivity index (χ2n) is 5.27. The molecule has 0 saturated carbocycles. The summed E-state index contributed by atoms with van der Waals surface area (Å²) in [5.41, 5.74) is 2.62. The van der Waals surface area contributed by atoms with E-state index in [2.05, 4.69) is 19.8 Å². The van der Waals surface area contributed by atoms with Gasteiger partial charge >= 0.3 is 0 Å². The van der Waals surface area contributed by atoms with Crippen LogP contribution >= 0.6 is 0 Å². The van der Waals surface area contributed by atoms with Crippen LogP contribution in [0, 0.1) is 6.92 Å². The molecule has 2 aliphatic heterocycles. The monoisotopic (exact) mass is 244 g/mol. The Balaban J connectivity index is 1.73. The van der Waals surface area contributed by atoms with E-state index in [-0.39, 0.29) is 0 Å². The molecule has 18 heavy (non-hydrogen) atoms. The summed E-state index contributed by atoms with van der Waals surface area (Å²) in [5, 5.41) is 0. The van der Waals surface area contributed by atoms with Crippen molar-refractivity contribution in [3.8, 4) is 0 Å². The molecule has 2 saturated heterocycles. The lowest BCUT2D eigenvalue weighted by atomic mass is 10.2. The maximum absolute atomic E-state index is 5.87. The Morgan fingerprint density at radius 3 is 3.22 bits per heavy atom. The van der Waals surface area contributed by atoms with Gasteiger partial charge in [0.25, 0.3) is 6.01 Å². The molecule has 5 heteroatoms. The second-order valence-corrected chi connectivity index (χ2v) is 5.27. The van der Waals surface area contributed by atoms with E-state index in [1.165, 1.54) is 13.0 Å². The van der Waals surface area contributed by atoms with Crippen molar-refractivity contribution in [2.45, 2.75) is 19.4 Å². The standard InChI is InChI=1S/C13H16N4O/c1-9-6-11-12(14-7-9)15-13(18-11)17-5-4-16-3-2-10(17)8-16/h6-7,10H,2-5,8H2,1H3. The third-order valence-electron chi connectivity index (χ3n) is 3.96. The van der Waals surface area contributed by atoms with Gasteiger partial charge in [-0.3, -0.25) is 4.90 Å². The van der Waals surface area contributed by atoms with Crippen molar-refractivity contribution in [2.75, 3.05) is 31.1 Å². The van der Waals surface area contributed by atoms with Gasteiger partial charge < -0.3 is 9.32 Å². The van der Waals surface area contributed by atoms with Crippen molar-refractivity contribution in [1.29, 1.82) is 0 Å². The van der Waals surface area contributed by atoms with E-state index in [1.54, 1.807) is 0 Å². The first-order valence-corrected chi connectivity index (χ1v) is 6.52. The number of hydrogen-bond donors (Lipinski definition) is 0. The number of anilines is 1. The van der Waals surface area contributed by atoms with Crippen molar-refractivity contribution < 1.29 is 4.42 Å². The van der Waals surface area contributed by atoms with Crippen LogP contribution in [-0.2, 0) is 0 Å². The van der Waals surface area contributed by atoms with Crippen LogP contribution in [0.1, 0.15) is 12.0 Å². The highest BCUT2D eigenvalue weighted by molar-refractivity contribution is 5.70. The topological polar surface area (TPSA) is 45.4 Å². The van der Waals surface area contributed by atoms with Gasteiger partial charge in [0.15, 0.2) is 5.58 Å². The van der Waals surface area contributed by atoms with Gasteiger partial charge in [-0.25, -0.2) is 4.98 Å². The Morgan fingerprint density at radius 1 is 1.33 bits per heavy atom. The molecule has 0 aliphatic carbocycles. The minimum atomic E-state index is 0.563. The largest absolute Gasteiger partial charge is 0.422 e. The number of oxazole rings is 1. The van der Waals surface area contributed by atoms with Gasteiger partial charge in [0.2, 0.25) is 5.65 Å². The number of aromatic nitrogens is 2. The van der Waals surface area contributed by atoms with E-state index in [4.69, 9.17) is 4.42 Å². The minimum Gasteiger partial charge on any atom is -0.422 e. The molecule has 4 heterocycles. The lowest BCUT2D eigenvalue weighted by molar-refractivity contribution is 0.304. The third-order valence-corrected chi connectivity index (χ3v) is 3.96. The Hall–Kier alpha value is -1.62. The fourth-order valence-electron chi connectivity index (χ4n) is 2.98. The highest BCUT2D eigenvalue weighted by Crippen LogP contribution is 2.28. The average molecular weight is 244 g/mol. The molecule has 0 N–H and O–H groups in total. The molecule has 2 atom stereocenters. The lowest BCUT2D eigenvalue weighted by Gasteiger charge is -2.32.